The zero-order valence-corrected chi connectivity index (χ0v) is 14.2. The molecule has 0 unspecified atom stereocenters. The average Bonchev–Trinajstić information content (AvgIpc) is 2.57. The SMILES string of the molecule is CCCCN1C(=O)/C(=C\c2ccc(Cl)cc2)Oc2ccc(N)cc21. The van der Waals surface area contributed by atoms with Crippen LogP contribution in [0.5, 0.6) is 5.75 Å². The number of hydrogen-bond donors (Lipinski definition) is 1. The van der Waals surface area contributed by atoms with Gasteiger partial charge in [0.15, 0.2) is 11.5 Å². The lowest BCUT2D eigenvalue weighted by molar-refractivity contribution is -0.117. The van der Waals surface area contributed by atoms with E-state index in [0.717, 1.165) is 24.1 Å². The van der Waals surface area contributed by atoms with Crippen LogP contribution in [-0.2, 0) is 4.79 Å². The number of ether oxygens (including phenoxy) is 1. The first-order chi connectivity index (χ1) is 11.6. The second-order valence-electron chi connectivity index (χ2n) is 5.70. The fourth-order valence-corrected chi connectivity index (χ4v) is 2.70. The fourth-order valence-electron chi connectivity index (χ4n) is 2.58. The standard InChI is InChI=1S/C19H19ClN2O2/c1-2-3-10-22-16-12-15(21)8-9-17(16)24-18(19(22)23)11-13-4-6-14(20)7-5-13/h4-9,11-12H,2-3,10,21H2,1H3/b18-11+. The molecule has 2 aromatic rings. The van der Waals surface area contributed by atoms with E-state index in [2.05, 4.69) is 6.92 Å². The summed E-state index contributed by atoms with van der Waals surface area (Å²) < 4.78 is 5.82. The molecule has 0 fully saturated rings. The van der Waals surface area contributed by atoms with Crippen molar-refractivity contribution in [2.24, 2.45) is 0 Å². The molecule has 124 valence electrons. The topological polar surface area (TPSA) is 55.6 Å². The predicted octanol–water partition coefficient (Wildman–Crippen LogP) is 4.49. The van der Waals surface area contributed by atoms with Crippen molar-refractivity contribution in [2.75, 3.05) is 17.2 Å². The van der Waals surface area contributed by atoms with Gasteiger partial charge in [0, 0.05) is 17.3 Å². The van der Waals surface area contributed by atoms with Gasteiger partial charge in [-0.3, -0.25) is 4.79 Å². The fraction of sp³-hybridized carbons (Fsp3) is 0.211. The van der Waals surface area contributed by atoms with E-state index in [9.17, 15) is 4.79 Å². The Morgan fingerprint density at radius 3 is 2.67 bits per heavy atom. The van der Waals surface area contributed by atoms with Gasteiger partial charge >= 0.3 is 0 Å². The molecule has 5 heteroatoms. The number of nitrogens with two attached hydrogens (primary N) is 1. The number of carbonyl (C=O) groups excluding carboxylic acids is 1. The summed E-state index contributed by atoms with van der Waals surface area (Å²) in [7, 11) is 0. The van der Waals surface area contributed by atoms with Gasteiger partial charge in [0.2, 0.25) is 0 Å². The number of rotatable bonds is 4. The number of nitrogens with zero attached hydrogens (tertiary/aromatic N) is 1. The second-order valence-corrected chi connectivity index (χ2v) is 6.14. The molecule has 24 heavy (non-hydrogen) atoms. The van der Waals surface area contributed by atoms with Crippen LogP contribution < -0.4 is 15.4 Å². The highest BCUT2D eigenvalue weighted by molar-refractivity contribution is 6.30. The summed E-state index contributed by atoms with van der Waals surface area (Å²) >= 11 is 5.91. The Labute approximate surface area is 146 Å². The quantitative estimate of drug-likeness (QED) is 0.658. The van der Waals surface area contributed by atoms with Crippen LogP contribution in [0.2, 0.25) is 5.02 Å². The largest absolute Gasteiger partial charge is 0.449 e. The minimum atomic E-state index is -0.156. The molecule has 0 saturated carbocycles. The molecular formula is C19H19ClN2O2. The zero-order chi connectivity index (χ0) is 17.1. The van der Waals surface area contributed by atoms with Crippen LogP contribution in [0, 0.1) is 0 Å². The molecule has 0 spiro atoms. The van der Waals surface area contributed by atoms with Crippen molar-refractivity contribution < 1.29 is 9.53 Å². The first kappa shape index (κ1) is 16.4. The Hall–Kier alpha value is -2.46. The summed E-state index contributed by atoms with van der Waals surface area (Å²) in [6, 6.07) is 12.6. The van der Waals surface area contributed by atoms with Gasteiger partial charge in [-0.25, -0.2) is 0 Å². The summed E-state index contributed by atoms with van der Waals surface area (Å²) in [5, 5.41) is 0.651. The van der Waals surface area contributed by atoms with E-state index in [1.165, 1.54) is 0 Å². The number of fused-ring (bicyclic) bond motifs is 1. The maximum absolute atomic E-state index is 12.8. The van der Waals surface area contributed by atoms with Crippen LogP contribution in [0.25, 0.3) is 6.08 Å². The summed E-state index contributed by atoms with van der Waals surface area (Å²) in [4.78, 5) is 14.6. The number of unbranched alkanes of at least 4 members (excludes halogenated alkanes) is 1. The molecule has 0 bridgehead atoms. The Morgan fingerprint density at radius 2 is 1.96 bits per heavy atom. The number of benzene rings is 2. The molecule has 0 radical (unpaired) electrons. The lowest BCUT2D eigenvalue weighted by atomic mass is 10.1. The lowest BCUT2D eigenvalue weighted by Gasteiger charge is -2.30. The van der Waals surface area contributed by atoms with Gasteiger partial charge in [0.05, 0.1) is 5.69 Å². The van der Waals surface area contributed by atoms with Crippen LogP contribution in [0.15, 0.2) is 48.2 Å². The number of hydrogen-bond acceptors (Lipinski definition) is 3. The monoisotopic (exact) mass is 342 g/mol. The normalized spacial score (nSPS) is 15.3. The molecular weight excluding hydrogens is 324 g/mol. The van der Waals surface area contributed by atoms with Gasteiger partial charge in [0.25, 0.3) is 5.91 Å². The molecule has 2 N–H and O–H groups in total. The van der Waals surface area contributed by atoms with Crippen LogP contribution in [-0.4, -0.2) is 12.5 Å². The molecule has 4 nitrogen and oxygen atoms in total. The molecule has 2 aromatic carbocycles. The smallest absolute Gasteiger partial charge is 0.294 e. The molecule has 3 rings (SSSR count). The van der Waals surface area contributed by atoms with Crippen molar-refractivity contribution in [1.29, 1.82) is 0 Å². The van der Waals surface area contributed by atoms with Crippen molar-refractivity contribution >= 4 is 35.0 Å². The van der Waals surface area contributed by atoms with E-state index in [4.69, 9.17) is 22.1 Å². The molecule has 1 heterocycles. The van der Waals surface area contributed by atoms with Crippen LogP contribution in [0.4, 0.5) is 11.4 Å². The molecule has 1 amide bonds. The highest BCUT2D eigenvalue weighted by Crippen LogP contribution is 2.37. The van der Waals surface area contributed by atoms with Gasteiger partial charge < -0.3 is 15.4 Å². The highest BCUT2D eigenvalue weighted by atomic mass is 35.5. The molecule has 1 aliphatic heterocycles. The zero-order valence-electron chi connectivity index (χ0n) is 13.5. The number of halogens is 1. The predicted molar refractivity (Wildman–Crippen MR) is 98.2 cm³/mol. The number of carbonyl (C=O) groups is 1. The van der Waals surface area contributed by atoms with Gasteiger partial charge in [-0.2, -0.15) is 0 Å². The van der Waals surface area contributed by atoms with Crippen molar-refractivity contribution in [2.45, 2.75) is 19.8 Å². The van der Waals surface area contributed by atoms with Crippen LogP contribution in [0.1, 0.15) is 25.3 Å². The Bertz CT molecular complexity index is 784. The lowest BCUT2D eigenvalue weighted by Crippen LogP contribution is -2.38. The number of anilines is 2. The summed E-state index contributed by atoms with van der Waals surface area (Å²) in [6.07, 6.45) is 3.64. The average molecular weight is 343 g/mol. The highest BCUT2D eigenvalue weighted by Gasteiger charge is 2.30. The summed E-state index contributed by atoms with van der Waals surface area (Å²) in [5.41, 5.74) is 8.06. The van der Waals surface area contributed by atoms with E-state index in [-0.39, 0.29) is 5.91 Å². The van der Waals surface area contributed by atoms with E-state index in [1.54, 1.807) is 41.3 Å². The number of nitrogen functional groups attached to an aromatic ring is 1. The first-order valence-electron chi connectivity index (χ1n) is 7.95. The third kappa shape index (κ3) is 3.39. The van der Waals surface area contributed by atoms with Crippen molar-refractivity contribution in [3.05, 3.63) is 58.8 Å². The molecule has 0 atom stereocenters. The molecule has 0 saturated heterocycles. The van der Waals surface area contributed by atoms with Gasteiger partial charge in [0.1, 0.15) is 0 Å². The van der Waals surface area contributed by atoms with Gasteiger partial charge in [-0.1, -0.05) is 37.1 Å². The number of amides is 1. The molecule has 0 aliphatic carbocycles. The van der Waals surface area contributed by atoms with E-state index in [1.807, 2.05) is 12.1 Å². The Morgan fingerprint density at radius 1 is 1.21 bits per heavy atom. The van der Waals surface area contributed by atoms with Crippen molar-refractivity contribution in [3.63, 3.8) is 0 Å². The molecule has 1 aliphatic rings. The Balaban J connectivity index is 1.99. The summed E-state index contributed by atoms with van der Waals surface area (Å²) in [5.74, 6) is 0.780. The van der Waals surface area contributed by atoms with Gasteiger partial charge in [-0.05, 0) is 48.4 Å². The van der Waals surface area contributed by atoms with Crippen molar-refractivity contribution in [3.8, 4) is 5.75 Å². The van der Waals surface area contributed by atoms with Crippen LogP contribution in [0.3, 0.4) is 0 Å². The van der Waals surface area contributed by atoms with E-state index >= 15 is 0 Å². The second kappa shape index (κ2) is 6.97. The Kier molecular flexibility index (Phi) is 4.76. The third-order valence-corrected chi connectivity index (χ3v) is 4.10. The van der Waals surface area contributed by atoms with E-state index in [0.29, 0.717) is 28.8 Å². The maximum Gasteiger partial charge on any atom is 0.294 e. The van der Waals surface area contributed by atoms with Crippen LogP contribution >= 0.6 is 11.6 Å². The summed E-state index contributed by atoms with van der Waals surface area (Å²) in [6.45, 7) is 2.72. The third-order valence-electron chi connectivity index (χ3n) is 3.85. The minimum absolute atomic E-state index is 0.156. The van der Waals surface area contributed by atoms with E-state index < -0.39 is 0 Å². The van der Waals surface area contributed by atoms with Gasteiger partial charge in [-0.15, -0.1) is 0 Å². The molecule has 0 aromatic heterocycles. The first-order valence-corrected chi connectivity index (χ1v) is 8.33. The van der Waals surface area contributed by atoms with Crippen molar-refractivity contribution in [1.82, 2.24) is 0 Å². The minimum Gasteiger partial charge on any atom is -0.449 e. The maximum atomic E-state index is 12.8.